The number of anilines is 1. The molecule has 10 nitrogen and oxygen atoms in total. The summed E-state index contributed by atoms with van der Waals surface area (Å²) >= 11 is 0. The van der Waals surface area contributed by atoms with Gasteiger partial charge in [-0.3, -0.25) is 14.6 Å². The van der Waals surface area contributed by atoms with Gasteiger partial charge in [0.25, 0.3) is 11.5 Å². The van der Waals surface area contributed by atoms with Crippen molar-refractivity contribution >= 4 is 27.0 Å². The van der Waals surface area contributed by atoms with Crippen LogP contribution >= 0.6 is 0 Å². The van der Waals surface area contributed by atoms with Crippen LogP contribution in [0, 0.1) is 0 Å². The summed E-state index contributed by atoms with van der Waals surface area (Å²) in [6.45, 7) is 0.637. The van der Waals surface area contributed by atoms with Gasteiger partial charge in [-0.15, -0.1) is 0 Å². The van der Waals surface area contributed by atoms with Crippen molar-refractivity contribution in [2.24, 2.45) is 0 Å². The summed E-state index contributed by atoms with van der Waals surface area (Å²) in [5.41, 5.74) is 0.224. The molecule has 4 rings (SSSR count). The van der Waals surface area contributed by atoms with E-state index < -0.39 is 16.1 Å². The molecule has 2 fully saturated rings. The minimum Gasteiger partial charge on any atom is -0.393 e. The van der Waals surface area contributed by atoms with E-state index in [-0.39, 0.29) is 23.6 Å². The first-order chi connectivity index (χ1) is 13.7. The summed E-state index contributed by atoms with van der Waals surface area (Å²) in [5.74, 6) is 0.0770. The van der Waals surface area contributed by atoms with Crippen molar-refractivity contribution in [3.63, 3.8) is 0 Å². The first kappa shape index (κ1) is 20.2. The average Bonchev–Trinajstić information content (AvgIpc) is 3.12. The maximum absolute atomic E-state index is 12.5. The number of piperidine rings is 1. The number of aliphatic hydroxyl groups is 1. The zero-order valence-corrected chi connectivity index (χ0v) is 17.0. The Morgan fingerprint density at radius 1 is 1.17 bits per heavy atom. The molecule has 1 saturated heterocycles. The Bertz CT molecular complexity index is 1060. The van der Waals surface area contributed by atoms with Gasteiger partial charge in [0.2, 0.25) is 10.0 Å². The fourth-order valence-corrected chi connectivity index (χ4v) is 5.12. The van der Waals surface area contributed by atoms with Crippen LogP contribution in [0.5, 0.6) is 0 Å². The number of nitrogens with zero attached hydrogens (tertiary/aromatic N) is 5. The predicted octanol–water partition coefficient (Wildman–Crippen LogP) is 0.497. The number of sulfonamides is 1. The zero-order valence-electron chi connectivity index (χ0n) is 16.2. The largest absolute Gasteiger partial charge is 0.393 e. The third kappa shape index (κ3) is 4.00. The van der Waals surface area contributed by atoms with Crippen molar-refractivity contribution in [2.45, 2.75) is 50.3 Å². The second-order valence-corrected chi connectivity index (χ2v) is 9.83. The van der Waals surface area contributed by atoms with Crippen LogP contribution < -0.4 is 10.6 Å². The summed E-state index contributed by atoms with van der Waals surface area (Å²) in [6, 6.07) is 2.65. The zero-order chi connectivity index (χ0) is 20.8. The molecule has 11 heteroatoms. The fraction of sp³-hybridized carbons (Fsp3) is 0.611. The lowest BCUT2D eigenvalue weighted by atomic mass is 10.1. The van der Waals surface area contributed by atoms with Crippen LogP contribution in [-0.4, -0.2) is 69.1 Å². The van der Waals surface area contributed by atoms with Crippen molar-refractivity contribution in [1.29, 1.82) is 0 Å². The van der Waals surface area contributed by atoms with E-state index in [2.05, 4.69) is 9.97 Å². The van der Waals surface area contributed by atoms with Crippen molar-refractivity contribution in [3.8, 4) is 0 Å². The van der Waals surface area contributed by atoms with Crippen LogP contribution in [-0.2, 0) is 10.0 Å². The molecule has 1 aliphatic carbocycles. The Morgan fingerprint density at radius 3 is 2.52 bits per heavy atom. The maximum Gasteiger partial charge on any atom is 0.252 e. The van der Waals surface area contributed by atoms with E-state index in [4.69, 9.17) is 0 Å². The van der Waals surface area contributed by atoms with Crippen LogP contribution in [0.3, 0.4) is 0 Å². The van der Waals surface area contributed by atoms with Gasteiger partial charge in [-0.1, -0.05) is 0 Å². The monoisotopic (exact) mass is 423 g/mol. The quantitative estimate of drug-likeness (QED) is 0.680. The molecule has 2 unspecified atom stereocenters. The van der Waals surface area contributed by atoms with Crippen LogP contribution in [0.15, 0.2) is 23.1 Å². The van der Waals surface area contributed by atoms with E-state index in [9.17, 15) is 23.5 Å². The molecule has 0 spiro atoms. The highest BCUT2D eigenvalue weighted by Gasteiger charge is 2.30. The molecule has 0 aromatic carbocycles. The molecular formula is C18H25N5O5S. The van der Waals surface area contributed by atoms with Gasteiger partial charge in [0.15, 0.2) is 0 Å². The van der Waals surface area contributed by atoms with Crippen LogP contribution in [0.1, 0.15) is 38.1 Å². The van der Waals surface area contributed by atoms with Crippen molar-refractivity contribution in [1.82, 2.24) is 18.8 Å². The van der Waals surface area contributed by atoms with Crippen LogP contribution in [0.25, 0.3) is 11.0 Å². The Hall–Kier alpha value is -2.08. The molecule has 2 aromatic rings. The van der Waals surface area contributed by atoms with Gasteiger partial charge in [0.1, 0.15) is 5.65 Å². The van der Waals surface area contributed by atoms with Gasteiger partial charge in [0.05, 0.1) is 18.4 Å². The number of pyridine rings is 1. The van der Waals surface area contributed by atoms with Gasteiger partial charge in [-0.2, -0.15) is 4.98 Å². The lowest BCUT2D eigenvalue weighted by molar-refractivity contribution is 0.170. The molecule has 1 saturated carbocycles. The first-order valence-electron chi connectivity index (χ1n) is 9.73. The predicted molar refractivity (Wildman–Crippen MR) is 106 cm³/mol. The number of hydrogen-bond donors (Lipinski definition) is 2. The summed E-state index contributed by atoms with van der Waals surface area (Å²) in [5, 5.41) is 22.2. The number of hydroxylamine groups is 1. The third-order valence-electron chi connectivity index (χ3n) is 5.84. The van der Waals surface area contributed by atoms with E-state index in [0.717, 1.165) is 5.06 Å². The Labute approximate surface area is 168 Å². The lowest BCUT2D eigenvalue weighted by Crippen LogP contribution is -2.46. The number of aromatic nitrogens is 3. The highest BCUT2D eigenvalue weighted by Crippen LogP contribution is 2.31. The highest BCUT2D eigenvalue weighted by molar-refractivity contribution is 7.88. The molecule has 158 valence electrons. The van der Waals surface area contributed by atoms with Gasteiger partial charge >= 0.3 is 0 Å². The van der Waals surface area contributed by atoms with Crippen LogP contribution in [0.2, 0.25) is 0 Å². The van der Waals surface area contributed by atoms with Gasteiger partial charge in [-0.05, 0) is 38.2 Å². The molecule has 1 aliphatic heterocycles. The number of rotatable bonds is 4. The average molecular weight is 423 g/mol. The Balaban J connectivity index is 1.62. The standard InChI is InChI=1S/C18H25N5O5S/c1-29(27,28)21-8-6-13(7-9-21)23(26)18-19-11-12-2-5-16(25)22(17(12)20-18)14-3-4-15(24)10-14/h2,5,11,13-15,24,26H,3-4,6-10H2,1H3. The lowest BCUT2D eigenvalue weighted by Gasteiger charge is -2.34. The van der Waals surface area contributed by atoms with E-state index in [1.165, 1.54) is 16.6 Å². The highest BCUT2D eigenvalue weighted by atomic mass is 32.2. The molecular weight excluding hydrogens is 398 g/mol. The van der Waals surface area contributed by atoms with E-state index in [1.807, 2.05) is 0 Å². The smallest absolute Gasteiger partial charge is 0.252 e. The topological polar surface area (TPSA) is 129 Å². The molecule has 0 bridgehead atoms. The van der Waals surface area contributed by atoms with Gasteiger partial charge < -0.3 is 5.11 Å². The summed E-state index contributed by atoms with van der Waals surface area (Å²) < 4.78 is 26.3. The van der Waals surface area contributed by atoms with E-state index in [1.54, 1.807) is 16.8 Å². The van der Waals surface area contributed by atoms with Crippen molar-refractivity contribution < 1.29 is 18.7 Å². The summed E-state index contributed by atoms with van der Waals surface area (Å²) in [6.07, 6.45) is 5.01. The fourth-order valence-electron chi connectivity index (χ4n) is 4.24. The van der Waals surface area contributed by atoms with Gasteiger partial charge in [-0.25, -0.2) is 22.8 Å². The number of hydrogen-bond acceptors (Lipinski definition) is 8. The SMILES string of the molecule is CS(=O)(=O)N1CCC(N(O)c2ncc3ccc(=O)n(C4CCC(O)C4)c3n2)CC1. The molecule has 29 heavy (non-hydrogen) atoms. The summed E-state index contributed by atoms with van der Waals surface area (Å²) in [4.78, 5) is 21.2. The molecule has 2 N–H and O–H groups in total. The van der Waals surface area contributed by atoms with Gasteiger partial charge in [0, 0.05) is 36.8 Å². The second kappa shape index (κ2) is 7.63. The Morgan fingerprint density at radius 2 is 1.90 bits per heavy atom. The minimum absolute atomic E-state index is 0.0770. The second-order valence-electron chi connectivity index (χ2n) is 7.85. The van der Waals surface area contributed by atoms with E-state index >= 15 is 0 Å². The van der Waals surface area contributed by atoms with Crippen LogP contribution in [0.4, 0.5) is 5.95 Å². The number of fused-ring (bicyclic) bond motifs is 1. The summed E-state index contributed by atoms with van der Waals surface area (Å²) in [7, 11) is -3.25. The van der Waals surface area contributed by atoms with Crippen molar-refractivity contribution in [2.75, 3.05) is 24.4 Å². The first-order valence-corrected chi connectivity index (χ1v) is 11.6. The molecule has 0 radical (unpaired) electrons. The molecule has 2 atom stereocenters. The molecule has 0 amide bonds. The normalized spacial score (nSPS) is 24.2. The maximum atomic E-state index is 12.5. The molecule has 2 aromatic heterocycles. The van der Waals surface area contributed by atoms with Crippen molar-refractivity contribution in [3.05, 3.63) is 28.7 Å². The number of aliphatic hydroxyl groups excluding tert-OH is 1. The Kier molecular flexibility index (Phi) is 5.32. The third-order valence-corrected chi connectivity index (χ3v) is 7.14. The minimum atomic E-state index is -3.25. The molecule has 3 heterocycles. The van der Waals surface area contributed by atoms with E-state index in [0.29, 0.717) is 56.2 Å². The molecule has 2 aliphatic rings.